The van der Waals surface area contributed by atoms with Crippen molar-refractivity contribution in [3.05, 3.63) is 47.8 Å². The van der Waals surface area contributed by atoms with Gasteiger partial charge in [0.15, 0.2) is 0 Å². The Morgan fingerprint density at radius 1 is 1.18 bits per heavy atom. The number of benzene rings is 1. The Kier molecular flexibility index (Phi) is 4.39. The van der Waals surface area contributed by atoms with Crippen LogP contribution in [0.5, 0.6) is 0 Å². The summed E-state index contributed by atoms with van der Waals surface area (Å²) in [6.07, 6.45) is 2.50. The molecule has 0 bridgehead atoms. The minimum absolute atomic E-state index is 0.555. The van der Waals surface area contributed by atoms with E-state index in [0.29, 0.717) is 11.8 Å². The molecule has 0 amide bonds. The molecule has 1 aliphatic carbocycles. The number of para-hydroxylation sites is 1. The molecule has 0 aliphatic heterocycles. The molecule has 1 aromatic heterocycles. The van der Waals surface area contributed by atoms with Crippen molar-refractivity contribution < 1.29 is 0 Å². The number of hydrazine groups is 1. The number of aryl methyl sites for hydroxylation is 1. The predicted molar refractivity (Wildman–Crippen MR) is 90.2 cm³/mol. The van der Waals surface area contributed by atoms with Crippen molar-refractivity contribution in [1.29, 1.82) is 0 Å². The van der Waals surface area contributed by atoms with Crippen molar-refractivity contribution in [1.82, 2.24) is 15.4 Å². The van der Waals surface area contributed by atoms with E-state index in [2.05, 4.69) is 42.5 Å². The van der Waals surface area contributed by atoms with Gasteiger partial charge in [-0.1, -0.05) is 32.0 Å². The highest BCUT2D eigenvalue weighted by atomic mass is 15.5. The van der Waals surface area contributed by atoms with E-state index in [9.17, 15) is 0 Å². The highest BCUT2D eigenvalue weighted by Gasteiger charge is 2.26. The maximum absolute atomic E-state index is 4.80. The molecule has 4 heteroatoms. The van der Waals surface area contributed by atoms with Crippen LogP contribution in [0, 0.1) is 12.8 Å². The lowest BCUT2D eigenvalue weighted by Crippen LogP contribution is -2.37. The summed E-state index contributed by atoms with van der Waals surface area (Å²) in [5.74, 6) is 1.93. The van der Waals surface area contributed by atoms with Crippen LogP contribution in [-0.2, 0) is 0 Å². The Balaban J connectivity index is 1.94. The number of nitrogens with zero attached hydrogens (tertiary/aromatic N) is 3. The molecule has 0 unspecified atom stereocenters. The second-order valence-corrected chi connectivity index (χ2v) is 6.44. The minimum atomic E-state index is 0.555. The summed E-state index contributed by atoms with van der Waals surface area (Å²) >= 11 is 0. The lowest BCUT2D eigenvalue weighted by atomic mass is 10.2. The van der Waals surface area contributed by atoms with Gasteiger partial charge >= 0.3 is 0 Å². The van der Waals surface area contributed by atoms with E-state index < -0.39 is 0 Å². The van der Waals surface area contributed by atoms with Gasteiger partial charge in [0, 0.05) is 23.9 Å². The van der Waals surface area contributed by atoms with Crippen molar-refractivity contribution in [3.8, 4) is 0 Å². The summed E-state index contributed by atoms with van der Waals surface area (Å²) < 4.78 is 0. The predicted octanol–water partition coefficient (Wildman–Crippen LogP) is 3.96. The van der Waals surface area contributed by atoms with Gasteiger partial charge in [-0.2, -0.15) is 0 Å². The summed E-state index contributed by atoms with van der Waals surface area (Å²) in [6.45, 7) is 7.32. The van der Waals surface area contributed by atoms with Crippen LogP contribution in [0.1, 0.15) is 44.0 Å². The molecule has 1 aliphatic rings. The molecule has 116 valence electrons. The van der Waals surface area contributed by atoms with Gasteiger partial charge in [0.2, 0.25) is 5.95 Å². The van der Waals surface area contributed by atoms with Gasteiger partial charge in [0.25, 0.3) is 0 Å². The number of nitrogens with one attached hydrogen (secondary N) is 1. The molecule has 2 aromatic rings. The zero-order valence-corrected chi connectivity index (χ0v) is 13.6. The molecule has 1 N–H and O–H groups in total. The van der Waals surface area contributed by atoms with E-state index in [1.807, 2.05) is 30.1 Å². The zero-order chi connectivity index (χ0) is 15.5. The van der Waals surface area contributed by atoms with Gasteiger partial charge in [0.05, 0.1) is 5.69 Å². The third kappa shape index (κ3) is 3.63. The Bertz CT molecular complexity index is 620. The molecule has 1 heterocycles. The quantitative estimate of drug-likeness (QED) is 0.819. The second-order valence-electron chi connectivity index (χ2n) is 6.44. The molecule has 0 spiro atoms. The van der Waals surface area contributed by atoms with E-state index in [1.165, 1.54) is 18.5 Å². The van der Waals surface area contributed by atoms with Crippen LogP contribution in [0.15, 0.2) is 36.4 Å². The molecule has 0 saturated heterocycles. The van der Waals surface area contributed by atoms with Crippen molar-refractivity contribution >= 4 is 11.6 Å². The van der Waals surface area contributed by atoms with Crippen LogP contribution in [0.3, 0.4) is 0 Å². The SMILES string of the molecule is Cc1cc(C2CC2)nc(N(NCC(C)C)c2ccccc2)n1. The first-order valence-corrected chi connectivity index (χ1v) is 8.07. The average Bonchev–Trinajstić information content (AvgIpc) is 3.32. The van der Waals surface area contributed by atoms with Gasteiger partial charge < -0.3 is 0 Å². The summed E-state index contributed by atoms with van der Waals surface area (Å²) in [4.78, 5) is 9.45. The Labute approximate surface area is 132 Å². The van der Waals surface area contributed by atoms with Crippen LogP contribution < -0.4 is 10.4 Å². The molecular weight excluding hydrogens is 272 g/mol. The molecule has 3 rings (SSSR count). The first-order valence-electron chi connectivity index (χ1n) is 8.07. The highest BCUT2D eigenvalue weighted by molar-refractivity contribution is 5.55. The lowest BCUT2D eigenvalue weighted by Gasteiger charge is -2.25. The Hall–Kier alpha value is -1.94. The maximum Gasteiger partial charge on any atom is 0.245 e. The average molecular weight is 296 g/mol. The minimum Gasteiger partial charge on any atom is -0.244 e. The normalized spacial score (nSPS) is 14.4. The van der Waals surface area contributed by atoms with E-state index >= 15 is 0 Å². The number of anilines is 2. The summed E-state index contributed by atoms with van der Waals surface area (Å²) in [7, 11) is 0. The fraction of sp³-hybridized carbons (Fsp3) is 0.444. The van der Waals surface area contributed by atoms with Gasteiger partial charge in [0.1, 0.15) is 0 Å². The molecule has 0 atom stereocenters. The van der Waals surface area contributed by atoms with Crippen LogP contribution in [0.25, 0.3) is 0 Å². The molecule has 4 nitrogen and oxygen atoms in total. The van der Waals surface area contributed by atoms with Crippen LogP contribution in [0.4, 0.5) is 11.6 Å². The van der Waals surface area contributed by atoms with E-state index in [0.717, 1.165) is 23.9 Å². The van der Waals surface area contributed by atoms with Crippen molar-refractivity contribution in [2.24, 2.45) is 5.92 Å². The summed E-state index contributed by atoms with van der Waals surface area (Å²) in [5.41, 5.74) is 6.74. The van der Waals surface area contributed by atoms with E-state index in [1.54, 1.807) is 0 Å². The third-order valence-corrected chi connectivity index (χ3v) is 3.73. The summed E-state index contributed by atoms with van der Waals surface area (Å²) in [6, 6.07) is 12.4. The van der Waals surface area contributed by atoms with Crippen LogP contribution >= 0.6 is 0 Å². The molecule has 22 heavy (non-hydrogen) atoms. The zero-order valence-electron chi connectivity index (χ0n) is 13.6. The highest BCUT2D eigenvalue weighted by Crippen LogP contribution is 2.39. The van der Waals surface area contributed by atoms with E-state index in [-0.39, 0.29) is 0 Å². The topological polar surface area (TPSA) is 41.1 Å². The number of hydrogen-bond acceptors (Lipinski definition) is 4. The number of aromatic nitrogens is 2. The van der Waals surface area contributed by atoms with Crippen molar-refractivity contribution in [3.63, 3.8) is 0 Å². The van der Waals surface area contributed by atoms with Gasteiger partial charge in [-0.3, -0.25) is 0 Å². The number of rotatable bonds is 6. The molecule has 1 aromatic carbocycles. The molecule has 1 fully saturated rings. The second kappa shape index (κ2) is 6.44. The lowest BCUT2D eigenvalue weighted by molar-refractivity contribution is 0.553. The largest absolute Gasteiger partial charge is 0.245 e. The molecular formula is C18H24N4. The number of hydrogen-bond donors (Lipinski definition) is 1. The van der Waals surface area contributed by atoms with Gasteiger partial charge in [-0.05, 0) is 43.9 Å². The maximum atomic E-state index is 4.80. The smallest absolute Gasteiger partial charge is 0.244 e. The standard InChI is InChI=1S/C18H24N4/c1-13(2)12-19-22(16-7-5-4-6-8-16)18-20-14(3)11-17(21-18)15-9-10-15/h4-8,11,13,15,19H,9-10,12H2,1-3H3. The van der Waals surface area contributed by atoms with Crippen molar-refractivity contribution in [2.75, 3.05) is 11.6 Å². The van der Waals surface area contributed by atoms with Crippen molar-refractivity contribution in [2.45, 2.75) is 39.5 Å². The van der Waals surface area contributed by atoms with Gasteiger partial charge in [-0.25, -0.2) is 20.4 Å². The molecule has 1 saturated carbocycles. The monoisotopic (exact) mass is 296 g/mol. The fourth-order valence-corrected chi connectivity index (χ4v) is 2.39. The fourth-order valence-electron chi connectivity index (χ4n) is 2.39. The van der Waals surface area contributed by atoms with Gasteiger partial charge in [-0.15, -0.1) is 0 Å². The molecule has 0 radical (unpaired) electrons. The van der Waals surface area contributed by atoms with Crippen LogP contribution in [-0.4, -0.2) is 16.5 Å². The van der Waals surface area contributed by atoms with E-state index in [4.69, 9.17) is 4.98 Å². The first kappa shape index (κ1) is 15.0. The summed E-state index contributed by atoms with van der Waals surface area (Å²) in [5, 5.41) is 2.01. The van der Waals surface area contributed by atoms with Crippen LogP contribution in [0.2, 0.25) is 0 Å². The third-order valence-electron chi connectivity index (χ3n) is 3.73. The Morgan fingerprint density at radius 3 is 2.55 bits per heavy atom. The Morgan fingerprint density at radius 2 is 1.91 bits per heavy atom. The first-order chi connectivity index (χ1) is 10.6.